The van der Waals surface area contributed by atoms with Gasteiger partial charge in [0.25, 0.3) is 0 Å². The molecule has 2 rings (SSSR count). The van der Waals surface area contributed by atoms with Crippen LogP contribution < -0.4 is 10.5 Å². The average Bonchev–Trinajstić information content (AvgIpc) is 2.63. The molecule has 1 heterocycles. The van der Waals surface area contributed by atoms with Gasteiger partial charge in [0.15, 0.2) is 18.3 Å². The maximum absolute atomic E-state index is 13.1. The van der Waals surface area contributed by atoms with Crippen molar-refractivity contribution in [2.75, 3.05) is 5.73 Å². The van der Waals surface area contributed by atoms with E-state index in [1.54, 1.807) is 24.4 Å². The fraction of sp³-hybridized carbons (Fsp3) is 0.100. The second-order valence-electron chi connectivity index (χ2n) is 3.02. The number of hydrogen-bond donors (Lipinski definition) is 1. The molecule has 0 saturated heterocycles. The van der Waals surface area contributed by atoms with Crippen LogP contribution in [0.4, 0.5) is 10.1 Å². The predicted octanol–water partition coefficient (Wildman–Crippen LogP) is 2.06. The van der Waals surface area contributed by atoms with Crippen molar-refractivity contribution >= 4 is 18.1 Å². The highest BCUT2D eigenvalue weighted by molar-refractivity contribution is 5.85. The van der Waals surface area contributed by atoms with Crippen LogP contribution in [0.2, 0.25) is 0 Å². The third-order valence-corrected chi connectivity index (χ3v) is 1.84. The highest BCUT2D eigenvalue weighted by atomic mass is 35.5. The lowest BCUT2D eigenvalue weighted by Gasteiger charge is -2.06. The van der Waals surface area contributed by atoms with E-state index in [4.69, 9.17) is 10.5 Å². The molecule has 0 aliphatic rings. The number of halogens is 2. The number of para-hydroxylation sites is 1. The first-order chi connectivity index (χ1) is 7.25. The van der Waals surface area contributed by atoms with Crippen LogP contribution in [0.3, 0.4) is 0 Å². The molecule has 0 fully saturated rings. The molecule has 0 bridgehead atoms. The molecule has 0 aliphatic carbocycles. The summed E-state index contributed by atoms with van der Waals surface area (Å²) in [5.41, 5.74) is 6.01. The molecular weight excluding hydrogens is 233 g/mol. The Morgan fingerprint density at radius 1 is 1.38 bits per heavy atom. The van der Waals surface area contributed by atoms with Crippen LogP contribution in [-0.2, 0) is 6.73 Å². The number of hydrogen-bond acceptors (Lipinski definition) is 3. The zero-order chi connectivity index (χ0) is 10.7. The summed E-state index contributed by atoms with van der Waals surface area (Å²) in [4.78, 5) is 0. The molecule has 0 radical (unpaired) electrons. The third kappa shape index (κ3) is 2.87. The number of rotatable bonds is 3. The van der Waals surface area contributed by atoms with E-state index in [2.05, 4.69) is 5.10 Å². The summed E-state index contributed by atoms with van der Waals surface area (Å²) in [6, 6.07) is 6.21. The van der Waals surface area contributed by atoms with Crippen molar-refractivity contribution in [3.63, 3.8) is 0 Å². The highest BCUT2D eigenvalue weighted by Gasteiger charge is 2.01. The van der Waals surface area contributed by atoms with E-state index in [1.165, 1.54) is 16.9 Å². The second-order valence-corrected chi connectivity index (χ2v) is 3.02. The minimum Gasteiger partial charge on any atom is -0.468 e. The summed E-state index contributed by atoms with van der Waals surface area (Å²) in [7, 11) is 0. The molecule has 0 spiro atoms. The molecule has 1 aromatic heterocycles. The Balaban J connectivity index is 0.00000128. The van der Waals surface area contributed by atoms with Gasteiger partial charge in [-0.15, -0.1) is 12.4 Å². The number of anilines is 1. The van der Waals surface area contributed by atoms with Crippen LogP contribution in [0.5, 0.6) is 5.75 Å². The molecule has 0 unspecified atom stereocenters. The normalized spacial score (nSPS) is 9.56. The molecule has 0 saturated carbocycles. The Morgan fingerprint density at radius 3 is 2.75 bits per heavy atom. The zero-order valence-corrected chi connectivity index (χ0v) is 9.15. The monoisotopic (exact) mass is 243 g/mol. The second kappa shape index (κ2) is 5.37. The van der Waals surface area contributed by atoms with Gasteiger partial charge in [0.2, 0.25) is 0 Å². The molecule has 4 nitrogen and oxygen atoms in total. The fourth-order valence-electron chi connectivity index (χ4n) is 1.15. The molecule has 86 valence electrons. The Bertz CT molecular complexity index is 461. The molecule has 0 aliphatic heterocycles. The van der Waals surface area contributed by atoms with E-state index in [1.807, 2.05) is 0 Å². The van der Waals surface area contributed by atoms with E-state index in [9.17, 15) is 4.39 Å². The van der Waals surface area contributed by atoms with Gasteiger partial charge in [-0.05, 0) is 12.1 Å². The van der Waals surface area contributed by atoms with E-state index in [0.717, 1.165) is 0 Å². The smallest absolute Gasteiger partial charge is 0.181 e. The summed E-state index contributed by atoms with van der Waals surface area (Å²) in [6.07, 6.45) is 3.12. The molecule has 2 N–H and O–H groups in total. The van der Waals surface area contributed by atoms with Crippen LogP contribution in [0.15, 0.2) is 36.7 Å². The number of nitrogens with zero attached hydrogens (tertiary/aromatic N) is 2. The molecule has 0 atom stereocenters. The number of nitrogens with two attached hydrogens (primary N) is 1. The lowest BCUT2D eigenvalue weighted by Crippen LogP contribution is -2.06. The molecule has 6 heteroatoms. The molecule has 0 amide bonds. The minimum absolute atomic E-state index is 0. The highest BCUT2D eigenvalue weighted by Crippen LogP contribution is 2.15. The van der Waals surface area contributed by atoms with Gasteiger partial charge in [-0.3, -0.25) is 0 Å². The van der Waals surface area contributed by atoms with Crippen molar-refractivity contribution in [3.8, 4) is 5.75 Å². The maximum atomic E-state index is 13.1. The van der Waals surface area contributed by atoms with Gasteiger partial charge in [0, 0.05) is 0 Å². The Hall–Kier alpha value is -1.75. The standard InChI is InChI=1S/C10H10FN3O.ClH/c11-9-3-1-2-4-10(9)15-7-14-6-8(12)5-13-14;/h1-6H,7,12H2;1H. The summed E-state index contributed by atoms with van der Waals surface area (Å²) in [6.45, 7) is 0.137. The van der Waals surface area contributed by atoms with Gasteiger partial charge in [0.1, 0.15) is 0 Å². The zero-order valence-electron chi connectivity index (χ0n) is 8.34. The maximum Gasteiger partial charge on any atom is 0.181 e. The van der Waals surface area contributed by atoms with Crippen LogP contribution >= 0.6 is 12.4 Å². The van der Waals surface area contributed by atoms with Crippen molar-refractivity contribution in [3.05, 3.63) is 42.5 Å². The van der Waals surface area contributed by atoms with Crippen LogP contribution in [0, 0.1) is 5.82 Å². The molecule has 2 aromatic rings. The Morgan fingerprint density at radius 2 is 2.12 bits per heavy atom. The van der Waals surface area contributed by atoms with Crippen molar-refractivity contribution < 1.29 is 9.13 Å². The largest absolute Gasteiger partial charge is 0.468 e. The van der Waals surface area contributed by atoms with Gasteiger partial charge in [-0.2, -0.15) is 5.10 Å². The van der Waals surface area contributed by atoms with E-state index in [0.29, 0.717) is 5.69 Å². The number of nitrogen functional groups attached to an aromatic ring is 1. The van der Waals surface area contributed by atoms with Crippen molar-refractivity contribution in [2.45, 2.75) is 6.73 Å². The van der Waals surface area contributed by atoms with Crippen LogP contribution in [-0.4, -0.2) is 9.78 Å². The molecule has 16 heavy (non-hydrogen) atoms. The van der Waals surface area contributed by atoms with Crippen molar-refractivity contribution in [2.24, 2.45) is 0 Å². The van der Waals surface area contributed by atoms with Gasteiger partial charge < -0.3 is 10.5 Å². The van der Waals surface area contributed by atoms with Crippen molar-refractivity contribution in [1.29, 1.82) is 0 Å². The van der Waals surface area contributed by atoms with Gasteiger partial charge in [-0.1, -0.05) is 12.1 Å². The number of aromatic nitrogens is 2. The van der Waals surface area contributed by atoms with E-state index in [-0.39, 0.29) is 24.9 Å². The van der Waals surface area contributed by atoms with Gasteiger partial charge in [-0.25, -0.2) is 9.07 Å². The Labute approximate surface area is 98.2 Å². The molecule has 1 aromatic carbocycles. The molecular formula is C10H11ClFN3O. The summed E-state index contributed by atoms with van der Waals surface area (Å²) < 4.78 is 19.8. The Kier molecular flexibility index (Phi) is 4.13. The fourth-order valence-corrected chi connectivity index (χ4v) is 1.15. The van der Waals surface area contributed by atoms with Crippen LogP contribution in [0.25, 0.3) is 0 Å². The topological polar surface area (TPSA) is 53.1 Å². The minimum atomic E-state index is -0.391. The van der Waals surface area contributed by atoms with E-state index >= 15 is 0 Å². The van der Waals surface area contributed by atoms with E-state index < -0.39 is 5.82 Å². The quantitative estimate of drug-likeness (QED) is 0.898. The lowest BCUT2D eigenvalue weighted by molar-refractivity contribution is 0.211. The summed E-state index contributed by atoms with van der Waals surface area (Å²) in [5, 5.41) is 3.90. The van der Waals surface area contributed by atoms with Gasteiger partial charge >= 0.3 is 0 Å². The number of ether oxygens (including phenoxy) is 1. The first-order valence-electron chi connectivity index (χ1n) is 4.41. The average molecular weight is 244 g/mol. The van der Waals surface area contributed by atoms with Gasteiger partial charge in [0.05, 0.1) is 18.1 Å². The summed E-state index contributed by atoms with van der Waals surface area (Å²) in [5.74, 6) is -0.191. The van der Waals surface area contributed by atoms with Crippen LogP contribution in [0.1, 0.15) is 0 Å². The predicted molar refractivity (Wildman–Crippen MR) is 60.9 cm³/mol. The first kappa shape index (κ1) is 12.3. The SMILES string of the molecule is Cl.Nc1cnn(COc2ccccc2F)c1. The third-order valence-electron chi connectivity index (χ3n) is 1.84. The van der Waals surface area contributed by atoms with Crippen molar-refractivity contribution in [1.82, 2.24) is 9.78 Å². The number of benzene rings is 1. The summed E-state index contributed by atoms with van der Waals surface area (Å²) >= 11 is 0. The first-order valence-corrected chi connectivity index (χ1v) is 4.41. The lowest BCUT2D eigenvalue weighted by atomic mass is 10.3.